The zero-order valence-electron chi connectivity index (χ0n) is 16.8. The van der Waals surface area contributed by atoms with Gasteiger partial charge in [0.15, 0.2) is 0 Å². The van der Waals surface area contributed by atoms with Gasteiger partial charge in [0.25, 0.3) is 0 Å². The van der Waals surface area contributed by atoms with E-state index in [2.05, 4.69) is 22.4 Å². The van der Waals surface area contributed by atoms with E-state index >= 15 is 0 Å². The van der Waals surface area contributed by atoms with Crippen LogP contribution >= 0.6 is 0 Å². The zero-order chi connectivity index (χ0) is 20.1. The van der Waals surface area contributed by atoms with Gasteiger partial charge in [0.1, 0.15) is 6.10 Å². The Labute approximate surface area is 171 Å². The third-order valence-corrected chi connectivity index (χ3v) is 5.62. The molecule has 2 aromatic rings. The van der Waals surface area contributed by atoms with Crippen molar-refractivity contribution in [3.63, 3.8) is 0 Å². The Morgan fingerprint density at radius 2 is 2.00 bits per heavy atom. The van der Waals surface area contributed by atoms with E-state index in [4.69, 9.17) is 14.2 Å². The summed E-state index contributed by atoms with van der Waals surface area (Å²) >= 11 is 0. The van der Waals surface area contributed by atoms with E-state index in [1.54, 1.807) is 13.3 Å². The Morgan fingerprint density at radius 3 is 2.69 bits per heavy atom. The average molecular weight is 396 g/mol. The van der Waals surface area contributed by atoms with Crippen molar-refractivity contribution in [2.75, 3.05) is 26.9 Å². The second-order valence-electron chi connectivity index (χ2n) is 7.74. The molecule has 1 N–H and O–H groups in total. The number of amides is 1. The van der Waals surface area contributed by atoms with Crippen LogP contribution in [0, 0.1) is 5.92 Å². The van der Waals surface area contributed by atoms with Crippen molar-refractivity contribution in [2.24, 2.45) is 5.92 Å². The maximum Gasteiger partial charge on any atom is 0.224 e. The van der Waals surface area contributed by atoms with E-state index in [1.165, 1.54) is 5.56 Å². The van der Waals surface area contributed by atoms with Crippen molar-refractivity contribution >= 4 is 5.91 Å². The smallest absolute Gasteiger partial charge is 0.224 e. The van der Waals surface area contributed by atoms with Crippen LogP contribution in [-0.2, 0) is 14.3 Å². The Morgan fingerprint density at radius 1 is 1.21 bits per heavy atom. The van der Waals surface area contributed by atoms with Gasteiger partial charge in [-0.2, -0.15) is 0 Å². The van der Waals surface area contributed by atoms with Gasteiger partial charge < -0.3 is 19.5 Å². The summed E-state index contributed by atoms with van der Waals surface area (Å²) in [5.41, 5.74) is 2.14. The molecule has 6 nitrogen and oxygen atoms in total. The van der Waals surface area contributed by atoms with Crippen molar-refractivity contribution in [1.29, 1.82) is 0 Å². The van der Waals surface area contributed by atoms with Crippen molar-refractivity contribution in [2.45, 2.75) is 37.3 Å². The van der Waals surface area contributed by atoms with Crippen LogP contribution in [0.1, 0.15) is 42.3 Å². The highest BCUT2D eigenvalue weighted by Crippen LogP contribution is 2.47. The molecule has 0 spiro atoms. The normalized spacial score (nSPS) is 22.7. The molecule has 1 aliphatic carbocycles. The SMILES string of the molecule is COCC(NC(=O)C1CC1c1ccccc1)c1ccc(OC2CCOCC2)nc1. The van der Waals surface area contributed by atoms with Crippen LogP contribution in [0.5, 0.6) is 5.88 Å². The molecular formula is C23H28N2O4. The Kier molecular flexibility index (Phi) is 6.42. The first-order valence-corrected chi connectivity index (χ1v) is 10.3. The number of carbonyl (C=O) groups excluding carboxylic acids is 1. The number of carbonyl (C=O) groups is 1. The van der Waals surface area contributed by atoms with Crippen LogP contribution in [0.2, 0.25) is 0 Å². The lowest BCUT2D eigenvalue weighted by atomic mass is 10.1. The summed E-state index contributed by atoms with van der Waals surface area (Å²) in [5.74, 6) is 1.02. The molecule has 6 heteroatoms. The first-order chi connectivity index (χ1) is 14.2. The van der Waals surface area contributed by atoms with E-state index in [1.807, 2.05) is 30.3 Å². The number of nitrogens with zero attached hydrogens (tertiary/aromatic N) is 1. The molecule has 1 saturated heterocycles. The lowest BCUT2D eigenvalue weighted by molar-refractivity contribution is -0.123. The zero-order valence-corrected chi connectivity index (χ0v) is 16.8. The fourth-order valence-corrected chi connectivity index (χ4v) is 3.85. The van der Waals surface area contributed by atoms with Gasteiger partial charge in [-0.25, -0.2) is 4.98 Å². The van der Waals surface area contributed by atoms with Gasteiger partial charge in [0.05, 0.1) is 25.9 Å². The summed E-state index contributed by atoms with van der Waals surface area (Å²) in [5, 5.41) is 3.14. The molecular weight excluding hydrogens is 368 g/mol. The predicted octanol–water partition coefficient (Wildman–Crippen LogP) is 3.25. The topological polar surface area (TPSA) is 69.7 Å². The second-order valence-corrected chi connectivity index (χ2v) is 7.74. The Hall–Kier alpha value is -2.44. The molecule has 1 aliphatic heterocycles. The quantitative estimate of drug-likeness (QED) is 0.742. The molecule has 0 bridgehead atoms. The van der Waals surface area contributed by atoms with E-state index in [-0.39, 0.29) is 24.0 Å². The maximum absolute atomic E-state index is 12.8. The summed E-state index contributed by atoms with van der Waals surface area (Å²) in [7, 11) is 1.64. The van der Waals surface area contributed by atoms with Crippen molar-refractivity contribution in [3.8, 4) is 5.88 Å². The molecule has 154 valence electrons. The molecule has 1 amide bonds. The van der Waals surface area contributed by atoms with Crippen LogP contribution < -0.4 is 10.1 Å². The van der Waals surface area contributed by atoms with Crippen LogP contribution in [0.15, 0.2) is 48.7 Å². The molecule has 29 heavy (non-hydrogen) atoms. The monoisotopic (exact) mass is 396 g/mol. The standard InChI is InChI=1S/C23H28N2O4/c1-27-15-21(25-23(26)20-13-19(20)16-5-3-2-4-6-16)17-7-8-22(24-14-17)29-18-9-11-28-12-10-18/h2-8,14,18-21H,9-13,15H2,1H3,(H,25,26). The van der Waals surface area contributed by atoms with Gasteiger partial charge in [0.2, 0.25) is 11.8 Å². The van der Waals surface area contributed by atoms with E-state index < -0.39 is 0 Å². The van der Waals surface area contributed by atoms with Crippen molar-refractivity contribution in [3.05, 3.63) is 59.8 Å². The minimum absolute atomic E-state index is 0.0286. The number of methoxy groups -OCH3 is 1. The Balaban J connectivity index is 1.35. The molecule has 3 atom stereocenters. The molecule has 1 aromatic carbocycles. The summed E-state index contributed by atoms with van der Waals surface area (Å²) in [6, 6.07) is 13.8. The maximum atomic E-state index is 12.8. The van der Waals surface area contributed by atoms with E-state index in [9.17, 15) is 4.79 Å². The number of aromatic nitrogens is 1. The molecule has 3 unspecified atom stereocenters. The number of ether oxygens (including phenoxy) is 3. The predicted molar refractivity (Wildman–Crippen MR) is 109 cm³/mol. The molecule has 2 fully saturated rings. The second kappa shape index (κ2) is 9.37. The lowest BCUT2D eigenvalue weighted by Crippen LogP contribution is -2.33. The number of benzene rings is 1. The van der Waals surface area contributed by atoms with Gasteiger partial charge >= 0.3 is 0 Å². The fraction of sp³-hybridized carbons (Fsp3) is 0.478. The van der Waals surface area contributed by atoms with Gasteiger partial charge in [-0.1, -0.05) is 30.3 Å². The Bertz CT molecular complexity index is 790. The van der Waals surface area contributed by atoms with Crippen molar-refractivity contribution < 1.29 is 19.0 Å². The average Bonchev–Trinajstić information content (AvgIpc) is 3.57. The highest BCUT2D eigenvalue weighted by molar-refractivity contribution is 5.83. The highest BCUT2D eigenvalue weighted by Gasteiger charge is 2.44. The number of rotatable bonds is 8. The molecule has 2 heterocycles. The van der Waals surface area contributed by atoms with Crippen LogP contribution in [-0.4, -0.2) is 43.9 Å². The number of nitrogens with one attached hydrogen (secondary N) is 1. The fourth-order valence-electron chi connectivity index (χ4n) is 3.85. The van der Waals surface area contributed by atoms with Crippen LogP contribution in [0.25, 0.3) is 0 Å². The van der Waals surface area contributed by atoms with E-state index in [0.29, 0.717) is 18.4 Å². The summed E-state index contributed by atoms with van der Waals surface area (Å²) < 4.78 is 16.6. The molecule has 1 aromatic heterocycles. The highest BCUT2D eigenvalue weighted by atomic mass is 16.5. The summed E-state index contributed by atoms with van der Waals surface area (Å²) in [6.45, 7) is 1.86. The first kappa shape index (κ1) is 19.9. The largest absolute Gasteiger partial charge is 0.474 e. The molecule has 0 radical (unpaired) electrons. The van der Waals surface area contributed by atoms with Crippen LogP contribution in [0.4, 0.5) is 0 Å². The molecule has 2 aliphatic rings. The van der Waals surface area contributed by atoms with Gasteiger partial charge in [-0.05, 0) is 29.5 Å². The molecule has 1 saturated carbocycles. The number of hydrogen-bond acceptors (Lipinski definition) is 5. The summed E-state index contributed by atoms with van der Waals surface area (Å²) in [4.78, 5) is 17.2. The van der Waals surface area contributed by atoms with Gasteiger partial charge in [-0.3, -0.25) is 4.79 Å². The number of pyridine rings is 1. The van der Waals surface area contributed by atoms with Gasteiger partial charge in [-0.15, -0.1) is 0 Å². The summed E-state index contributed by atoms with van der Waals surface area (Å²) in [6.07, 6.45) is 4.58. The number of hydrogen-bond donors (Lipinski definition) is 1. The third kappa shape index (κ3) is 5.14. The first-order valence-electron chi connectivity index (χ1n) is 10.3. The molecule has 4 rings (SSSR count). The third-order valence-electron chi connectivity index (χ3n) is 5.62. The van der Waals surface area contributed by atoms with Crippen molar-refractivity contribution in [1.82, 2.24) is 10.3 Å². The van der Waals surface area contributed by atoms with Gasteiger partial charge in [0, 0.05) is 38.1 Å². The van der Waals surface area contributed by atoms with E-state index in [0.717, 1.165) is 38.0 Å². The minimum Gasteiger partial charge on any atom is -0.474 e. The lowest BCUT2D eigenvalue weighted by Gasteiger charge is -2.23. The minimum atomic E-state index is -0.228. The van der Waals surface area contributed by atoms with Crippen LogP contribution in [0.3, 0.4) is 0 Å².